The second-order valence-electron chi connectivity index (χ2n) is 7.80. The summed E-state index contributed by atoms with van der Waals surface area (Å²) >= 11 is 6.20. The van der Waals surface area contributed by atoms with Gasteiger partial charge in [0.15, 0.2) is 0 Å². The number of carbonyl (C=O) groups excluding carboxylic acids is 2. The maximum atomic E-state index is 13.0. The van der Waals surface area contributed by atoms with Gasteiger partial charge in [0.05, 0.1) is 30.7 Å². The summed E-state index contributed by atoms with van der Waals surface area (Å²) in [6.07, 6.45) is 3.53. The average Bonchev–Trinajstić information content (AvgIpc) is 2.80. The minimum absolute atomic E-state index is 0.00903. The van der Waals surface area contributed by atoms with Crippen LogP contribution in [-0.2, 0) is 24.3 Å². The molecule has 1 fully saturated rings. The van der Waals surface area contributed by atoms with Crippen molar-refractivity contribution in [3.05, 3.63) is 64.8 Å². The maximum absolute atomic E-state index is 13.0. The zero-order chi connectivity index (χ0) is 23.6. The van der Waals surface area contributed by atoms with Gasteiger partial charge in [-0.25, -0.2) is 8.42 Å². The minimum Gasteiger partial charge on any atom is -0.379 e. The van der Waals surface area contributed by atoms with Crippen molar-refractivity contribution in [3.63, 3.8) is 0 Å². The van der Waals surface area contributed by atoms with Gasteiger partial charge in [0.25, 0.3) is 0 Å². The Labute approximate surface area is 197 Å². The zero-order valence-electron chi connectivity index (χ0n) is 18.0. The molecule has 2 aliphatic rings. The molecule has 2 heterocycles. The second kappa shape index (κ2) is 9.64. The van der Waals surface area contributed by atoms with E-state index in [1.807, 2.05) is 30.3 Å². The summed E-state index contributed by atoms with van der Waals surface area (Å²) in [6.45, 7) is 2.56. The standard InChI is InChI=1S/C23H24ClN3O5S/c1-16(28)27-9-8-17-4-2-3-5-19(17)21(27)15-23(29)25-18-6-7-20(24)22(14-18)33(30,31)26-10-12-32-13-11-26/h2-9,14,21H,10-13,15H2,1H3,(H,25,29). The van der Waals surface area contributed by atoms with Crippen LogP contribution in [0.2, 0.25) is 5.02 Å². The molecule has 4 rings (SSSR count). The number of benzene rings is 2. The predicted octanol–water partition coefficient (Wildman–Crippen LogP) is 3.26. The molecule has 174 valence electrons. The SMILES string of the molecule is CC(=O)N1C=Cc2ccccc2C1CC(=O)Nc1ccc(Cl)c(S(=O)(=O)N2CCOCC2)c1. The number of rotatable bonds is 5. The van der Waals surface area contributed by atoms with Gasteiger partial charge in [-0.15, -0.1) is 0 Å². The highest BCUT2D eigenvalue weighted by Crippen LogP contribution is 2.33. The number of amides is 2. The Morgan fingerprint density at radius 2 is 1.88 bits per heavy atom. The number of morpholine rings is 1. The lowest BCUT2D eigenvalue weighted by Gasteiger charge is -2.32. The fourth-order valence-corrected chi connectivity index (χ4v) is 5.91. The van der Waals surface area contributed by atoms with Crippen molar-refractivity contribution >= 4 is 45.2 Å². The van der Waals surface area contributed by atoms with Gasteiger partial charge in [-0.05, 0) is 35.4 Å². The van der Waals surface area contributed by atoms with Crippen LogP contribution < -0.4 is 5.32 Å². The first-order valence-corrected chi connectivity index (χ1v) is 12.3. The number of nitrogens with one attached hydrogen (secondary N) is 1. The van der Waals surface area contributed by atoms with Gasteiger partial charge in [-0.1, -0.05) is 35.9 Å². The molecule has 1 atom stereocenters. The number of carbonyl (C=O) groups is 2. The summed E-state index contributed by atoms with van der Waals surface area (Å²) in [7, 11) is -3.83. The van der Waals surface area contributed by atoms with E-state index in [9.17, 15) is 18.0 Å². The lowest BCUT2D eigenvalue weighted by Crippen LogP contribution is -2.40. The molecule has 2 aliphatic heterocycles. The fourth-order valence-electron chi connectivity index (χ4n) is 4.01. The van der Waals surface area contributed by atoms with Crippen molar-refractivity contribution in [2.45, 2.75) is 24.3 Å². The van der Waals surface area contributed by atoms with Crippen molar-refractivity contribution < 1.29 is 22.7 Å². The summed E-state index contributed by atoms with van der Waals surface area (Å²) in [5, 5.41) is 2.83. The molecular weight excluding hydrogens is 466 g/mol. The summed E-state index contributed by atoms with van der Waals surface area (Å²) in [5.41, 5.74) is 2.13. The third-order valence-corrected chi connectivity index (χ3v) is 8.03. The average molecular weight is 490 g/mol. The number of hydrogen-bond acceptors (Lipinski definition) is 5. The van der Waals surface area contributed by atoms with Crippen LogP contribution in [0.5, 0.6) is 0 Å². The van der Waals surface area contributed by atoms with Crippen LogP contribution in [0.25, 0.3) is 6.08 Å². The van der Waals surface area contributed by atoms with E-state index < -0.39 is 16.1 Å². The topological polar surface area (TPSA) is 96.0 Å². The van der Waals surface area contributed by atoms with Gasteiger partial charge in [0, 0.05) is 31.9 Å². The quantitative estimate of drug-likeness (QED) is 0.695. The summed E-state index contributed by atoms with van der Waals surface area (Å²) in [4.78, 5) is 26.5. The van der Waals surface area contributed by atoms with Gasteiger partial charge >= 0.3 is 0 Å². The van der Waals surface area contributed by atoms with Crippen LogP contribution in [0.15, 0.2) is 53.6 Å². The van der Waals surface area contributed by atoms with Gasteiger partial charge in [-0.2, -0.15) is 4.31 Å². The number of fused-ring (bicyclic) bond motifs is 1. The monoisotopic (exact) mass is 489 g/mol. The Hall–Kier alpha value is -2.72. The van der Waals surface area contributed by atoms with Crippen LogP contribution in [-0.4, -0.2) is 55.7 Å². The first-order chi connectivity index (χ1) is 15.8. The van der Waals surface area contributed by atoms with Gasteiger partial charge in [-0.3, -0.25) is 9.59 Å². The number of sulfonamides is 1. The molecule has 2 aromatic carbocycles. The molecule has 2 amide bonds. The minimum atomic E-state index is -3.83. The van der Waals surface area contributed by atoms with E-state index in [1.54, 1.807) is 12.3 Å². The molecule has 0 saturated carbocycles. The third kappa shape index (κ3) is 4.96. The van der Waals surface area contributed by atoms with Crippen LogP contribution in [0.4, 0.5) is 5.69 Å². The van der Waals surface area contributed by atoms with Crippen LogP contribution in [0.3, 0.4) is 0 Å². The van der Waals surface area contributed by atoms with Crippen molar-refractivity contribution in [1.29, 1.82) is 0 Å². The van der Waals surface area contributed by atoms with E-state index >= 15 is 0 Å². The van der Waals surface area contributed by atoms with Crippen LogP contribution in [0.1, 0.15) is 30.5 Å². The van der Waals surface area contributed by atoms with Gasteiger partial charge in [0.2, 0.25) is 21.8 Å². The molecule has 0 aromatic heterocycles. The molecule has 33 heavy (non-hydrogen) atoms. The molecule has 10 heteroatoms. The molecule has 0 radical (unpaired) electrons. The lowest BCUT2D eigenvalue weighted by atomic mass is 9.93. The van der Waals surface area contributed by atoms with E-state index in [0.29, 0.717) is 18.9 Å². The Kier molecular flexibility index (Phi) is 6.85. The molecule has 1 saturated heterocycles. The summed E-state index contributed by atoms with van der Waals surface area (Å²) < 4.78 is 32.6. The Morgan fingerprint density at radius 3 is 2.61 bits per heavy atom. The first kappa shape index (κ1) is 23.4. The normalized spacial score (nSPS) is 18.6. The number of halogens is 1. The number of nitrogens with zero attached hydrogens (tertiary/aromatic N) is 2. The van der Waals surface area contributed by atoms with Crippen molar-refractivity contribution in [2.24, 2.45) is 0 Å². The van der Waals surface area contributed by atoms with E-state index in [-0.39, 0.29) is 41.2 Å². The summed E-state index contributed by atoms with van der Waals surface area (Å²) in [5.74, 6) is -0.530. The molecule has 1 N–H and O–H groups in total. The highest BCUT2D eigenvalue weighted by Gasteiger charge is 2.30. The lowest BCUT2D eigenvalue weighted by molar-refractivity contribution is -0.129. The van der Waals surface area contributed by atoms with E-state index in [0.717, 1.165) is 11.1 Å². The number of ether oxygens (including phenoxy) is 1. The largest absolute Gasteiger partial charge is 0.379 e. The van der Waals surface area contributed by atoms with Crippen LogP contribution >= 0.6 is 11.6 Å². The van der Waals surface area contributed by atoms with E-state index in [4.69, 9.17) is 16.3 Å². The molecular formula is C23H24ClN3O5S. The molecule has 0 spiro atoms. The predicted molar refractivity (Wildman–Crippen MR) is 125 cm³/mol. The zero-order valence-corrected chi connectivity index (χ0v) is 19.6. The van der Waals surface area contributed by atoms with Crippen molar-refractivity contribution in [1.82, 2.24) is 9.21 Å². The second-order valence-corrected chi connectivity index (χ2v) is 10.1. The molecule has 1 unspecified atom stereocenters. The Bertz CT molecular complexity index is 1210. The fraction of sp³-hybridized carbons (Fsp3) is 0.304. The summed E-state index contributed by atoms with van der Waals surface area (Å²) in [6, 6.07) is 11.5. The number of anilines is 1. The molecule has 0 aliphatic carbocycles. The van der Waals surface area contributed by atoms with E-state index in [1.165, 1.54) is 28.3 Å². The Morgan fingerprint density at radius 1 is 1.15 bits per heavy atom. The molecule has 8 nitrogen and oxygen atoms in total. The van der Waals surface area contributed by atoms with Gasteiger partial charge in [0.1, 0.15) is 4.90 Å². The number of hydrogen-bond donors (Lipinski definition) is 1. The highest BCUT2D eigenvalue weighted by molar-refractivity contribution is 7.89. The van der Waals surface area contributed by atoms with Crippen molar-refractivity contribution in [3.8, 4) is 0 Å². The van der Waals surface area contributed by atoms with E-state index in [2.05, 4.69) is 5.32 Å². The van der Waals surface area contributed by atoms with Gasteiger partial charge < -0.3 is 15.0 Å². The third-order valence-electron chi connectivity index (χ3n) is 5.65. The van der Waals surface area contributed by atoms with Crippen LogP contribution in [0, 0.1) is 0 Å². The maximum Gasteiger partial charge on any atom is 0.244 e. The first-order valence-electron chi connectivity index (χ1n) is 10.5. The highest BCUT2D eigenvalue weighted by atomic mass is 35.5. The smallest absolute Gasteiger partial charge is 0.244 e. The molecule has 2 aromatic rings. The Balaban J connectivity index is 1.55. The van der Waals surface area contributed by atoms with Crippen molar-refractivity contribution in [2.75, 3.05) is 31.6 Å². The molecule has 0 bridgehead atoms.